The molecule has 3 fully saturated rings. The molecule has 216 valence electrons. The van der Waals surface area contributed by atoms with Gasteiger partial charge in [-0.25, -0.2) is 4.79 Å². The molecule has 0 amide bonds. The number of aliphatic hydroxyl groups excluding tert-OH is 1. The zero-order valence-corrected chi connectivity index (χ0v) is 23.7. The van der Waals surface area contributed by atoms with Gasteiger partial charge in [0.05, 0.1) is 17.1 Å². The van der Waals surface area contributed by atoms with Crippen LogP contribution >= 0.6 is 0 Å². The van der Waals surface area contributed by atoms with Crippen molar-refractivity contribution in [3.05, 3.63) is 23.3 Å². The maximum Gasteiger partial charge on any atom is 0.333 e. The van der Waals surface area contributed by atoms with Crippen molar-refractivity contribution in [2.24, 2.45) is 28.6 Å². The number of carbonyl (C=O) groups is 3. The summed E-state index contributed by atoms with van der Waals surface area (Å²) >= 11 is 0. The van der Waals surface area contributed by atoms with E-state index in [-0.39, 0.29) is 31.5 Å². The van der Waals surface area contributed by atoms with Gasteiger partial charge in [-0.3, -0.25) is 9.59 Å². The summed E-state index contributed by atoms with van der Waals surface area (Å²) in [5, 5.41) is 48.4. The molecule has 4 aliphatic carbocycles. The molecule has 1 heterocycles. The summed E-state index contributed by atoms with van der Waals surface area (Å²) in [6.45, 7) is 10.0. The van der Waals surface area contributed by atoms with Crippen LogP contribution < -0.4 is 0 Å². The molecule has 11 atom stereocenters. The standard InChI is InChI=1S/C30H42O9/c1-15-12-21(39-25(34)16(15)2)17(3)29(36)14-24(38-18(4)31)30(37)20-13-23(33)28(35)10-7-8-22(32)27(28,6)19(20)9-11-26(29,30)5/h7-8,17,19-21,23-24,33,35-37H,9-14H2,1-6H3/t17-,19+,20-,21-,23-,24+,26-,27+,28+,29-,30+/m1/s1. The molecule has 0 spiro atoms. The lowest BCUT2D eigenvalue weighted by molar-refractivity contribution is -0.291. The van der Waals surface area contributed by atoms with Crippen molar-refractivity contribution in [1.29, 1.82) is 0 Å². The van der Waals surface area contributed by atoms with Crippen molar-refractivity contribution in [1.82, 2.24) is 0 Å². The van der Waals surface area contributed by atoms with E-state index in [4.69, 9.17) is 9.47 Å². The lowest BCUT2D eigenvalue weighted by Crippen LogP contribution is -2.75. The average molecular weight is 547 g/mol. The number of hydrogen-bond acceptors (Lipinski definition) is 9. The Morgan fingerprint density at radius 1 is 1.15 bits per heavy atom. The third kappa shape index (κ3) is 3.36. The first-order valence-corrected chi connectivity index (χ1v) is 14.1. The Labute approximate surface area is 229 Å². The van der Waals surface area contributed by atoms with E-state index in [0.29, 0.717) is 18.4 Å². The van der Waals surface area contributed by atoms with Gasteiger partial charge in [-0.1, -0.05) is 25.5 Å². The number of hydrogen-bond donors (Lipinski definition) is 4. The fourth-order valence-corrected chi connectivity index (χ4v) is 9.29. The van der Waals surface area contributed by atoms with E-state index in [2.05, 4.69) is 0 Å². The molecule has 0 aromatic rings. The van der Waals surface area contributed by atoms with Crippen LogP contribution in [0.4, 0.5) is 0 Å². The van der Waals surface area contributed by atoms with Crippen molar-refractivity contribution in [2.45, 2.75) is 115 Å². The summed E-state index contributed by atoms with van der Waals surface area (Å²) in [6, 6.07) is 0. The van der Waals surface area contributed by atoms with E-state index in [1.807, 2.05) is 6.92 Å². The maximum absolute atomic E-state index is 13.4. The number of fused-ring (bicyclic) bond motifs is 5. The van der Waals surface area contributed by atoms with Gasteiger partial charge in [0.1, 0.15) is 23.4 Å². The molecule has 0 unspecified atom stereocenters. The second kappa shape index (κ2) is 8.71. The quantitative estimate of drug-likeness (QED) is 0.390. The number of aliphatic hydroxyl groups is 4. The van der Waals surface area contributed by atoms with Crippen molar-refractivity contribution in [3.63, 3.8) is 0 Å². The molecule has 0 bridgehead atoms. The van der Waals surface area contributed by atoms with Gasteiger partial charge in [0, 0.05) is 36.7 Å². The number of cyclic esters (lactones) is 1. The molecule has 0 saturated heterocycles. The molecule has 0 aromatic carbocycles. The minimum Gasteiger partial charge on any atom is -0.459 e. The summed E-state index contributed by atoms with van der Waals surface area (Å²) in [4.78, 5) is 38.3. The van der Waals surface area contributed by atoms with E-state index >= 15 is 0 Å². The predicted molar refractivity (Wildman–Crippen MR) is 139 cm³/mol. The zero-order valence-electron chi connectivity index (χ0n) is 23.7. The number of carbonyl (C=O) groups excluding carboxylic acids is 3. The lowest BCUT2D eigenvalue weighted by atomic mass is 9.41. The minimum absolute atomic E-state index is 0.0222. The number of ketones is 1. The first kappa shape index (κ1) is 28.5. The monoisotopic (exact) mass is 546 g/mol. The van der Waals surface area contributed by atoms with Crippen LogP contribution in [0.25, 0.3) is 0 Å². The summed E-state index contributed by atoms with van der Waals surface area (Å²) in [5.41, 5.74) is -6.32. The molecule has 9 heteroatoms. The summed E-state index contributed by atoms with van der Waals surface area (Å²) in [7, 11) is 0. The molecule has 5 aliphatic rings. The van der Waals surface area contributed by atoms with Crippen LogP contribution in [0.5, 0.6) is 0 Å². The zero-order chi connectivity index (χ0) is 28.9. The SMILES string of the molecule is CC(=O)O[C@H]1C[C@@](O)([C@H](C)[C@H]2CC(C)=C(C)C(=O)O2)[C@@]2(C)CC[C@H]3[C@@H](C[C@@H](O)[C@@]4(O)CC=CC(=O)[C@]34C)[C@]12O. The van der Waals surface area contributed by atoms with Gasteiger partial charge in [0.25, 0.3) is 0 Å². The molecule has 0 radical (unpaired) electrons. The van der Waals surface area contributed by atoms with Gasteiger partial charge in [-0.15, -0.1) is 0 Å². The van der Waals surface area contributed by atoms with Crippen LogP contribution in [-0.2, 0) is 23.9 Å². The van der Waals surface area contributed by atoms with Crippen LogP contribution in [-0.4, -0.2) is 73.3 Å². The molecule has 39 heavy (non-hydrogen) atoms. The molecule has 3 saturated carbocycles. The predicted octanol–water partition coefficient (Wildman–Crippen LogP) is 2.14. The first-order chi connectivity index (χ1) is 18.0. The summed E-state index contributed by atoms with van der Waals surface area (Å²) in [5.74, 6) is -3.28. The van der Waals surface area contributed by atoms with Crippen LogP contribution in [0.15, 0.2) is 23.3 Å². The Morgan fingerprint density at radius 2 is 1.82 bits per heavy atom. The third-order valence-corrected chi connectivity index (χ3v) is 12.0. The van der Waals surface area contributed by atoms with E-state index in [0.717, 1.165) is 5.57 Å². The highest BCUT2D eigenvalue weighted by Crippen LogP contribution is 2.71. The first-order valence-electron chi connectivity index (χ1n) is 14.1. The Hall–Kier alpha value is -2.07. The second-order valence-corrected chi connectivity index (χ2v) is 13.3. The highest BCUT2D eigenvalue weighted by atomic mass is 16.6. The van der Waals surface area contributed by atoms with E-state index in [1.165, 1.54) is 13.0 Å². The molecular weight excluding hydrogens is 504 g/mol. The highest BCUT2D eigenvalue weighted by molar-refractivity contribution is 5.97. The molecule has 9 nitrogen and oxygen atoms in total. The normalized spacial score (nSPS) is 50.1. The van der Waals surface area contributed by atoms with E-state index in [9.17, 15) is 34.8 Å². The van der Waals surface area contributed by atoms with Gasteiger partial charge in [-0.2, -0.15) is 0 Å². The van der Waals surface area contributed by atoms with Crippen LogP contribution in [0.2, 0.25) is 0 Å². The number of allylic oxidation sites excluding steroid dienone is 1. The number of rotatable bonds is 3. The average Bonchev–Trinajstić information content (AvgIpc) is 3.03. The Balaban J connectivity index is 1.61. The Bertz CT molecular complexity index is 1170. The van der Waals surface area contributed by atoms with Crippen LogP contribution in [0.1, 0.15) is 80.1 Å². The number of ether oxygens (including phenoxy) is 2. The van der Waals surface area contributed by atoms with Crippen molar-refractivity contribution in [3.8, 4) is 0 Å². The van der Waals surface area contributed by atoms with E-state index < -0.39 is 75.6 Å². The Morgan fingerprint density at radius 3 is 2.44 bits per heavy atom. The number of esters is 2. The molecule has 5 rings (SSSR count). The topological polar surface area (TPSA) is 151 Å². The largest absolute Gasteiger partial charge is 0.459 e. The smallest absolute Gasteiger partial charge is 0.333 e. The van der Waals surface area contributed by atoms with Gasteiger partial charge in [0.15, 0.2) is 5.78 Å². The summed E-state index contributed by atoms with van der Waals surface area (Å²) < 4.78 is 11.5. The summed E-state index contributed by atoms with van der Waals surface area (Å²) in [6.07, 6.45) is 1.03. The molecule has 0 aromatic heterocycles. The van der Waals surface area contributed by atoms with Gasteiger partial charge < -0.3 is 29.9 Å². The van der Waals surface area contributed by atoms with Gasteiger partial charge >= 0.3 is 11.9 Å². The molecule has 4 N–H and O–H groups in total. The Kier molecular flexibility index (Phi) is 6.36. The van der Waals surface area contributed by atoms with Crippen LogP contribution in [0.3, 0.4) is 0 Å². The van der Waals surface area contributed by atoms with Gasteiger partial charge in [0.2, 0.25) is 0 Å². The van der Waals surface area contributed by atoms with Gasteiger partial charge in [-0.05, 0) is 64.4 Å². The van der Waals surface area contributed by atoms with E-state index in [1.54, 1.807) is 33.8 Å². The molecule has 1 aliphatic heterocycles. The van der Waals surface area contributed by atoms with Crippen molar-refractivity contribution in [2.75, 3.05) is 0 Å². The molecular formula is C30H42O9. The maximum atomic E-state index is 13.4. The minimum atomic E-state index is -1.82. The fraction of sp³-hybridized carbons (Fsp3) is 0.767. The fourth-order valence-electron chi connectivity index (χ4n) is 9.29. The van der Waals surface area contributed by atoms with Crippen LogP contribution in [0, 0.1) is 28.6 Å². The van der Waals surface area contributed by atoms with Crippen molar-refractivity contribution >= 4 is 17.7 Å². The second-order valence-electron chi connectivity index (χ2n) is 13.3. The lowest BCUT2D eigenvalue weighted by Gasteiger charge is -2.66. The van der Waals surface area contributed by atoms with Crippen molar-refractivity contribution < 1.29 is 44.3 Å². The highest BCUT2D eigenvalue weighted by Gasteiger charge is 2.80. The third-order valence-electron chi connectivity index (χ3n) is 12.0.